The summed E-state index contributed by atoms with van der Waals surface area (Å²) >= 11 is 5.95. The van der Waals surface area contributed by atoms with Crippen molar-refractivity contribution in [3.63, 3.8) is 0 Å². The van der Waals surface area contributed by atoms with E-state index in [-0.39, 0.29) is 6.61 Å². The maximum absolute atomic E-state index is 8.91. The van der Waals surface area contributed by atoms with Crippen molar-refractivity contribution in [2.24, 2.45) is 5.92 Å². The molecule has 0 fully saturated rings. The predicted molar refractivity (Wildman–Crippen MR) is 55.9 cm³/mol. The van der Waals surface area contributed by atoms with Gasteiger partial charge in [0, 0.05) is 5.02 Å². The largest absolute Gasteiger partial charge is 0.392 e. The molecule has 0 bridgehead atoms. The smallest absolute Gasteiger partial charge is 0.0696 e. The number of aliphatic hydroxyl groups excluding tert-OH is 1. The standard InChI is InChI=1S/C11H15ClO/c1-8(2)5-9-3-4-10(7-13)11(12)6-9/h3-4,6,8,13H,5,7H2,1-2H3. The van der Waals surface area contributed by atoms with Gasteiger partial charge in [-0.2, -0.15) is 0 Å². The van der Waals surface area contributed by atoms with Crippen molar-refractivity contribution < 1.29 is 5.11 Å². The molecule has 0 amide bonds. The van der Waals surface area contributed by atoms with E-state index in [1.165, 1.54) is 5.56 Å². The molecule has 1 N–H and O–H groups in total. The third kappa shape index (κ3) is 3.02. The van der Waals surface area contributed by atoms with E-state index >= 15 is 0 Å². The van der Waals surface area contributed by atoms with Crippen LogP contribution in [0.25, 0.3) is 0 Å². The van der Waals surface area contributed by atoms with Crippen LogP contribution in [0.4, 0.5) is 0 Å². The predicted octanol–water partition coefficient (Wildman–Crippen LogP) is 3.03. The summed E-state index contributed by atoms with van der Waals surface area (Å²) in [6.07, 6.45) is 1.03. The number of halogens is 1. The van der Waals surface area contributed by atoms with Gasteiger partial charge in [-0.25, -0.2) is 0 Å². The SMILES string of the molecule is CC(C)Cc1ccc(CO)c(Cl)c1. The summed E-state index contributed by atoms with van der Waals surface area (Å²) in [6.45, 7) is 4.36. The lowest BCUT2D eigenvalue weighted by molar-refractivity contribution is 0.282. The minimum absolute atomic E-state index is 0.0147. The first-order chi connectivity index (χ1) is 6.13. The van der Waals surface area contributed by atoms with E-state index in [1.54, 1.807) is 0 Å². The normalized spacial score (nSPS) is 10.8. The Hall–Kier alpha value is -0.530. The molecule has 13 heavy (non-hydrogen) atoms. The summed E-state index contributed by atoms with van der Waals surface area (Å²) < 4.78 is 0. The summed E-state index contributed by atoms with van der Waals surface area (Å²) in [5, 5.41) is 9.57. The zero-order chi connectivity index (χ0) is 9.84. The van der Waals surface area contributed by atoms with Crippen LogP contribution in [0.3, 0.4) is 0 Å². The first-order valence-electron chi connectivity index (χ1n) is 4.51. The molecule has 0 aliphatic carbocycles. The maximum atomic E-state index is 8.91. The molecule has 0 saturated heterocycles. The van der Waals surface area contributed by atoms with Crippen LogP contribution in [-0.2, 0) is 13.0 Å². The van der Waals surface area contributed by atoms with Gasteiger partial charge < -0.3 is 5.11 Å². The fraction of sp³-hybridized carbons (Fsp3) is 0.455. The molecule has 1 rings (SSSR count). The average Bonchev–Trinajstić information content (AvgIpc) is 2.03. The van der Waals surface area contributed by atoms with Crippen molar-refractivity contribution in [1.29, 1.82) is 0 Å². The Morgan fingerprint density at radius 1 is 1.38 bits per heavy atom. The van der Waals surface area contributed by atoms with Gasteiger partial charge in [0.25, 0.3) is 0 Å². The molecule has 1 aromatic carbocycles. The average molecular weight is 199 g/mol. The molecule has 1 nitrogen and oxygen atoms in total. The third-order valence-corrected chi connectivity index (χ3v) is 2.28. The Morgan fingerprint density at radius 3 is 2.54 bits per heavy atom. The highest BCUT2D eigenvalue weighted by atomic mass is 35.5. The van der Waals surface area contributed by atoms with E-state index < -0.39 is 0 Å². The van der Waals surface area contributed by atoms with Gasteiger partial charge >= 0.3 is 0 Å². The van der Waals surface area contributed by atoms with E-state index in [0.717, 1.165) is 12.0 Å². The van der Waals surface area contributed by atoms with Gasteiger partial charge in [-0.05, 0) is 29.5 Å². The third-order valence-electron chi connectivity index (χ3n) is 1.93. The Bertz CT molecular complexity index is 281. The van der Waals surface area contributed by atoms with Crippen LogP contribution in [0.1, 0.15) is 25.0 Å². The molecule has 1 aromatic rings. The van der Waals surface area contributed by atoms with E-state index in [9.17, 15) is 0 Å². The highest BCUT2D eigenvalue weighted by Crippen LogP contribution is 2.19. The minimum atomic E-state index is 0.0147. The van der Waals surface area contributed by atoms with Crippen LogP contribution in [-0.4, -0.2) is 5.11 Å². The van der Waals surface area contributed by atoms with Crippen LogP contribution >= 0.6 is 11.6 Å². The van der Waals surface area contributed by atoms with Crippen molar-refractivity contribution in [2.75, 3.05) is 0 Å². The molecule has 2 heteroatoms. The van der Waals surface area contributed by atoms with Gasteiger partial charge in [-0.15, -0.1) is 0 Å². The molecular formula is C11H15ClO. The molecule has 0 aliphatic rings. The fourth-order valence-corrected chi connectivity index (χ4v) is 1.58. The topological polar surface area (TPSA) is 20.2 Å². The van der Waals surface area contributed by atoms with E-state index in [0.29, 0.717) is 10.9 Å². The number of aliphatic hydroxyl groups is 1. The second kappa shape index (κ2) is 4.64. The number of hydrogen-bond donors (Lipinski definition) is 1. The summed E-state index contributed by atoms with van der Waals surface area (Å²) in [4.78, 5) is 0. The number of hydrogen-bond acceptors (Lipinski definition) is 1. The van der Waals surface area contributed by atoms with Gasteiger partial charge in [0.1, 0.15) is 0 Å². The second-order valence-electron chi connectivity index (χ2n) is 3.68. The van der Waals surface area contributed by atoms with Gasteiger partial charge in [0.2, 0.25) is 0 Å². The van der Waals surface area contributed by atoms with Crippen molar-refractivity contribution in [2.45, 2.75) is 26.9 Å². The number of benzene rings is 1. The van der Waals surface area contributed by atoms with Crippen LogP contribution in [0, 0.1) is 5.92 Å². The fourth-order valence-electron chi connectivity index (χ4n) is 1.32. The summed E-state index contributed by atoms with van der Waals surface area (Å²) in [5.74, 6) is 0.635. The highest BCUT2D eigenvalue weighted by molar-refractivity contribution is 6.31. The minimum Gasteiger partial charge on any atom is -0.392 e. The lowest BCUT2D eigenvalue weighted by Gasteiger charge is -2.07. The van der Waals surface area contributed by atoms with Crippen molar-refractivity contribution in [3.8, 4) is 0 Å². The Labute approximate surface area is 84.4 Å². The molecule has 0 aliphatic heterocycles. The van der Waals surface area contributed by atoms with Gasteiger partial charge in [-0.1, -0.05) is 37.6 Å². The highest BCUT2D eigenvalue weighted by Gasteiger charge is 2.02. The molecule has 0 saturated carbocycles. The zero-order valence-corrected chi connectivity index (χ0v) is 8.80. The van der Waals surface area contributed by atoms with E-state index in [2.05, 4.69) is 13.8 Å². The van der Waals surface area contributed by atoms with Gasteiger partial charge in [0.05, 0.1) is 6.61 Å². The number of rotatable bonds is 3. The Balaban J connectivity index is 2.83. The Kier molecular flexibility index (Phi) is 3.76. The van der Waals surface area contributed by atoms with Crippen LogP contribution in [0.5, 0.6) is 0 Å². The summed E-state index contributed by atoms with van der Waals surface area (Å²) in [5.41, 5.74) is 2.03. The van der Waals surface area contributed by atoms with Crippen LogP contribution in [0.2, 0.25) is 5.02 Å². The molecule has 0 aromatic heterocycles. The lowest BCUT2D eigenvalue weighted by atomic mass is 10.0. The maximum Gasteiger partial charge on any atom is 0.0696 e. The van der Waals surface area contributed by atoms with E-state index in [4.69, 9.17) is 16.7 Å². The quantitative estimate of drug-likeness (QED) is 0.792. The molecule has 0 radical (unpaired) electrons. The molecular weight excluding hydrogens is 184 g/mol. The van der Waals surface area contributed by atoms with E-state index in [1.807, 2.05) is 18.2 Å². The molecule has 0 atom stereocenters. The zero-order valence-electron chi connectivity index (χ0n) is 8.05. The van der Waals surface area contributed by atoms with Crippen molar-refractivity contribution >= 4 is 11.6 Å². The first-order valence-corrected chi connectivity index (χ1v) is 4.89. The Morgan fingerprint density at radius 2 is 2.08 bits per heavy atom. The molecule has 0 unspecified atom stereocenters. The lowest BCUT2D eigenvalue weighted by Crippen LogP contribution is -1.95. The van der Waals surface area contributed by atoms with Crippen LogP contribution < -0.4 is 0 Å². The summed E-state index contributed by atoms with van der Waals surface area (Å²) in [7, 11) is 0. The molecule has 0 spiro atoms. The van der Waals surface area contributed by atoms with Crippen molar-refractivity contribution in [3.05, 3.63) is 34.3 Å². The van der Waals surface area contributed by atoms with Gasteiger partial charge in [-0.3, -0.25) is 0 Å². The first kappa shape index (κ1) is 10.6. The van der Waals surface area contributed by atoms with Gasteiger partial charge in [0.15, 0.2) is 0 Å². The summed E-state index contributed by atoms with van der Waals surface area (Å²) in [6, 6.07) is 5.85. The molecule has 0 heterocycles. The van der Waals surface area contributed by atoms with Crippen molar-refractivity contribution in [1.82, 2.24) is 0 Å². The second-order valence-corrected chi connectivity index (χ2v) is 4.09. The monoisotopic (exact) mass is 198 g/mol. The van der Waals surface area contributed by atoms with Crippen LogP contribution in [0.15, 0.2) is 18.2 Å². The molecule has 72 valence electrons.